The average molecular weight is 397 g/mol. The first-order valence-corrected chi connectivity index (χ1v) is 9.11. The molecule has 0 saturated heterocycles. The number of hydrogen-bond donors (Lipinski definition) is 3. The van der Waals surface area contributed by atoms with Gasteiger partial charge in [-0.1, -0.05) is 24.3 Å². The summed E-state index contributed by atoms with van der Waals surface area (Å²) in [4.78, 5) is 47.9. The standard InChI is InChI=1S/C21H23N3O5/c1-3-22-19(26)16-10-7-11-17(12-16)24-18(25)13-29-21(28)14(2)23-20(27)15-8-5-4-6-9-15/h4-12,14H,3,13H2,1-2H3,(H,22,26)(H,23,27)(H,24,25)/t14-/m0/s1. The highest BCUT2D eigenvalue weighted by Crippen LogP contribution is 2.10. The lowest BCUT2D eigenvalue weighted by molar-refractivity contribution is -0.148. The minimum Gasteiger partial charge on any atom is -0.454 e. The summed E-state index contributed by atoms with van der Waals surface area (Å²) in [6.45, 7) is 3.25. The molecule has 29 heavy (non-hydrogen) atoms. The molecule has 8 heteroatoms. The van der Waals surface area contributed by atoms with Crippen LogP contribution in [0.5, 0.6) is 0 Å². The summed E-state index contributed by atoms with van der Waals surface area (Å²) in [6, 6.07) is 13.9. The van der Waals surface area contributed by atoms with E-state index in [1.807, 2.05) is 0 Å². The number of amides is 3. The molecule has 0 heterocycles. The van der Waals surface area contributed by atoms with Gasteiger partial charge in [-0.05, 0) is 44.2 Å². The Bertz CT molecular complexity index is 883. The Hall–Kier alpha value is -3.68. The first kappa shape index (κ1) is 21.6. The van der Waals surface area contributed by atoms with Crippen LogP contribution in [-0.4, -0.2) is 42.9 Å². The van der Waals surface area contributed by atoms with Gasteiger partial charge in [0, 0.05) is 23.4 Å². The van der Waals surface area contributed by atoms with Crippen LogP contribution < -0.4 is 16.0 Å². The van der Waals surface area contributed by atoms with Crippen molar-refractivity contribution in [3.05, 3.63) is 65.7 Å². The van der Waals surface area contributed by atoms with Crippen molar-refractivity contribution < 1.29 is 23.9 Å². The van der Waals surface area contributed by atoms with Crippen LogP contribution in [0.25, 0.3) is 0 Å². The molecular formula is C21H23N3O5. The number of rotatable bonds is 8. The highest BCUT2D eigenvalue weighted by atomic mass is 16.5. The molecule has 0 radical (unpaired) electrons. The number of carbonyl (C=O) groups excluding carboxylic acids is 4. The summed E-state index contributed by atoms with van der Waals surface area (Å²) >= 11 is 0. The zero-order valence-electron chi connectivity index (χ0n) is 16.2. The maximum absolute atomic E-state index is 12.0. The van der Waals surface area contributed by atoms with Crippen molar-refractivity contribution in [2.75, 3.05) is 18.5 Å². The number of anilines is 1. The monoisotopic (exact) mass is 397 g/mol. The molecule has 3 amide bonds. The fourth-order valence-corrected chi connectivity index (χ4v) is 2.39. The van der Waals surface area contributed by atoms with E-state index in [1.54, 1.807) is 55.5 Å². The SMILES string of the molecule is CCNC(=O)c1cccc(NC(=O)COC(=O)[C@H](C)NC(=O)c2ccccc2)c1. The van der Waals surface area contributed by atoms with Crippen LogP contribution in [0, 0.1) is 0 Å². The quantitative estimate of drug-likeness (QED) is 0.587. The van der Waals surface area contributed by atoms with E-state index in [0.717, 1.165) is 0 Å². The molecule has 0 aliphatic heterocycles. The van der Waals surface area contributed by atoms with Gasteiger partial charge in [0.15, 0.2) is 6.61 Å². The van der Waals surface area contributed by atoms with Gasteiger partial charge in [0.05, 0.1) is 0 Å². The van der Waals surface area contributed by atoms with Gasteiger partial charge in [0.2, 0.25) is 0 Å². The molecular weight excluding hydrogens is 374 g/mol. The van der Waals surface area contributed by atoms with Gasteiger partial charge in [-0.25, -0.2) is 4.79 Å². The van der Waals surface area contributed by atoms with Crippen LogP contribution in [-0.2, 0) is 14.3 Å². The van der Waals surface area contributed by atoms with E-state index in [9.17, 15) is 19.2 Å². The summed E-state index contributed by atoms with van der Waals surface area (Å²) in [5.41, 5.74) is 1.22. The normalized spacial score (nSPS) is 11.1. The molecule has 1 atom stereocenters. The van der Waals surface area contributed by atoms with Crippen LogP contribution in [0.4, 0.5) is 5.69 Å². The number of esters is 1. The zero-order valence-corrected chi connectivity index (χ0v) is 16.2. The summed E-state index contributed by atoms with van der Waals surface area (Å²) in [5, 5.41) is 7.74. The van der Waals surface area contributed by atoms with Crippen LogP contribution >= 0.6 is 0 Å². The van der Waals surface area contributed by atoms with Crippen molar-refractivity contribution in [2.24, 2.45) is 0 Å². The highest BCUT2D eigenvalue weighted by molar-refractivity contribution is 5.98. The lowest BCUT2D eigenvalue weighted by Gasteiger charge is -2.13. The van der Waals surface area contributed by atoms with E-state index in [4.69, 9.17) is 4.74 Å². The van der Waals surface area contributed by atoms with Gasteiger partial charge in [0.1, 0.15) is 6.04 Å². The Morgan fingerprint density at radius 3 is 2.31 bits per heavy atom. The number of nitrogens with one attached hydrogen (secondary N) is 3. The third-order valence-electron chi connectivity index (χ3n) is 3.83. The zero-order chi connectivity index (χ0) is 21.2. The Morgan fingerprint density at radius 1 is 0.931 bits per heavy atom. The number of benzene rings is 2. The molecule has 2 aromatic rings. The van der Waals surface area contributed by atoms with Gasteiger partial charge in [-0.3, -0.25) is 14.4 Å². The number of carbonyl (C=O) groups is 4. The smallest absolute Gasteiger partial charge is 0.328 e. The van der Waals surface area contributed by atoms with Crippen molar-refractivity contribution in [3.8, 4) is 0 Å². The van der Waals surface area contributed by atoms with Crippen molar-refractivity contribution in [1.29, 1.82) is 0 Å². The van der Waals surface area contributed by atoms with Gasteiger partial charge >= 0.3 is 5.97 Å². The lowest BCUT2D eigenvalue weighted by Crippen LogP contribution is -2.40. The minimum absolute atomic E-state index is 0.252. The van der Waals surface area contributed by atoms with E-state index in [2.05, 4.69) is 16.0 Å². The fraction of sp³-hybridized carbons (Fsp3) is 0.238. The molecule has 0 bridgehead atoms. The first-order chi connectivity index (χ1) is 13.9. The van der Waals surface area contributed by atoms with Crippen LogP contribution in [0.2, 0.25) is 0 Å². The molecule has 0 aliphatic carbocycles. The summed E-state index contributed by atoms with van der Waals surface area (Å²) in [7, 11) is 0. The molecule has 0 spiro atoms. The van der Waals surface area contributed by atoms with Gasteiger partial charge in [-0.2, -0.15) is 0 Å². The molecule has 0 aromatic heterocycles. The fourth-order valence-electron chi connectivity index (χ4n) is 2.39. The van der Waals surface area contributed by atoms with E-state index in [0.29, 0.717) is 23.4 Å². The van der Waals surface area contributed by atoms with Crippen LogP contribution in [0.1, 0.15) is 34.6 Å². The molecule has 0 saturated carbocycles. The predicted octanol–water partition coefficient (Wildman–Crippen LogP) is 1.74. The van der Waals surface area contributed by atoms with E-state index >= 15 is 0 Å². The highest BCUT2D eigenvalue weighted by Gasteiger charge is 2.19. The third kappa shape index (κ3) is 6.76. The first-order valence-electron chi connectivity index (χ1n) is 9.11. The molecule has 0 unspecified atom stereocenters. The Morgan fingerprint density at radius 2 is 1.62 bits per heavy atom. The second-order valence-corrected chi connectivity index (χ2v) is 6.16. The Kier molecular flexibility index (Phi) is 7.90. The van der Waals surface area contributed by atoms with E-state index in [-0.39, 0.29) is 5.91 Å². The average Bonchev–Trinajstić information content (AvgIpc) is 2.73. The van der Waals surface area contributed by atoms with Gasteiger partial charge < -0.3 is 20.7 Å². The molecule has 0 fully saturated rings. The third-order valence-corrected chi connectivity index (χ3v) is 3.83. The summed E-state index contributed by atoms with van der Waals surface area (Å²) in [6.07, 6.45) is 0. The lowest BCUT2D eigenvalue weighted by atomic mass is 10.2. The molecule has 0 aliphatic rings. The van der Waals surface area contributed by atoms with Gasteiger partial charge in [0.25, 0.3) is 17.7 Å². The van der Waals surface area contributed by atoms with Crippen molar-refractivity contribution in [3.63, 3.8) is 0 Å². The maximum Gasteiger partial charge on any atom is 0.328 e. The van der Waals surface area contributed by atoms with Crippen molar-refractivity contribution in [1.82, 2.24) is 10.6 Å². The topological polar surface area (TPSA) is 114 Å². The van der Waals surface area contributed by atoms with Crippen molar-refractivity contribution in [2.45, 2.75) is 19.9 Å². The summed E-state index contributed by atoms with van der Waals surface area (Å²) < 4.78 is 4.95. The largest absolute Gasteiger partial charge is 0.454 e. The second kappa shape index (κ2) is 10.6. The predicted molar refractivity (Wildman–Crippen MR) is 107 cm³/mol. The minimum atomic E-state index is -0.920. The molecule has 8 nitrogen and oxygen atoms in total. The van der Waals surface area contributed by atoms with Crippen LogP contribution in [0.3, 0.4) is 0 Å². The Balaban J connectivity index is 1.82. The second-order valence-electron chi connectivity index (χ2n) is 6.16. The molecule has 152 valence electrons. The number of ether oxygens (including phenoxy) is 1. The number of hydrogen-bond acceptors (Lipinski definition) is 5. The van der Waals surface area contributed by atoms with E-state index < -0.39 is 30.4 Å². The van der Waals surface area contributed by atoms with E-state index in [1.165, 1.54) is 13.0 Å². The van der Waals surface area contributed by atoms with Crippen molar-refractivity contribution >= 4 is 29.4 Å². The maximum atomic E-state index is 12.0. The molecule has 2 rings (SSSR count). The Labute approximate surface area is 168 Å². The van der Waals surface area contributed by atoms with Gasteiger partial charge in [-0.15, -0.1) is 0 Å². The summed E-state index contributed by atoms with van der Waals surface area (Å²) in [5.74, 6) is -1.96. The molecule has 3 N–H and O–H groups in total. The van der Waals surface area contributed by atoms with Crippen LogP contribution in [0.15, 0.2) is 54.6 Å². The molecule has 2 aromatic carbocycles.